The minimum atomic E-state index is -1.36. The van der Waals surface area contributed by atoms with Crippen LogP contribution in [0.2, 0.25) is 0 Å². The van der Waals surface area contributed by atoms with E-state index >= 15 is 0 Å². The van der Waals surface area contributed by atoms with E-state index in [1.165, 1.54) is 6.08 Å². The molecule has 0 spiro atoms. The summed E-state index contributed by atoms with van der Waals surface area (Å²) in [4.78, 5) is 11.4. The third-order valence-electron chi connectivity index (χ3n) is 3.59. The third kappa shape index (κ3) is 4.99. The van der Waals surface area contributed by atoms with Gasteiger partial charge in [0.05, 0.1) is 17.6 Å². The zero-order valence-corrected chi connectivity index (χ0v) is 15.6. The van der Waals surface area contributed by atoms with Crippen LogP contribution in [0.5, 0.6) is 5.75 Å². The van der Waals surface area contributed by atoms with Gasteiger partial charge in [-0.2, -0.15) is 5.26 Å². The van der Waals surface area contributed by atoms with Crippen molar-refractivity contribution >= 4 is 23.8 Å². The summed E-state index contributed by atoms with van der Waals surface area (Å²) in [5.41, 5.74) is 2.02. The predicted octanol–water partition coefficient (Wildman–Crippen LogP) is 2.71. The van der Waals surface area contributed by atoms with Crippen LogP contribution in [0.25, 0.3) is 6.08 Å². The van der Waals surface area contributed by atoms with E-state index in [-0.39, 0.29) is 16.7 Å². The van der Waals surface area contributed by atoms with Gasteiger partial charge in [0, 0.05) is 17.4 Å². The number of nitriles is 1. The van der Waals surface area contributed by atoms with Crippen LogP contribution in [0.3, 0.4) is 0 Å². The van der Waals surface area contributed by atoms with E-state index in [0.717, 1.165) is 17.3 Å². The molecule has 0 aliphatic heterocycles. The highest BCUT2D eigenvalue weighted by Gasteiger charge is 2.11. The van der Waals surface area contributed by atoms with Crippen molar-refractivity contribution in [3.05, 3.63) is 76.0 Å². The third-order valence-corrected chi connectivity index (χ3v) is 4.43. The van der Waals surface area contributed by atoms with Crippen molar-refractivity contribution < 1.29 is 19.1 Å². The van der Waals surface area contributed by atoms with Crippen molar-refractivity contribution in [2.75, 3.05) is 0 Å². The number of thioether (sulfide) groups is 1. The van der Waals surface area contributed by atoms with E-state index in [2.05, 4.69) is 16.3 Å². The molecule has 0 N–H and O–H groups in total. The van der Waals surface area contributed by atoms with Crippen molar-refractivity contribution in [2.45, 2.75) is 18.8 Å². The van der Waals surface area contributed by atoms with Crippen LogP contribution < -0.4 is 9.84 Å². The number of carboxylic acid groups (broad SMARTS) is 1. The lowest BCUT2D eigenvalue weighted by molar-refractivity contribution is -0.298. The monoisotopic (exact) mass is 392 g/mol. The Kier molecular flexibility index (Phi) is 6.09. The average molecular weight is 392 g/mol. The number of aryl methyl sites for hydroxylation is 1. The Morgan fingerprint density at radius 2 is 2.00 bits per heavy atom. The number of carbonyl (C=O) groups excluding carboxylic acids is 1. The molecule has 1 heterocycles. The number of aromatic nitrogens is 2. The van der Waals surface area contributed by atoms with Gasteiger partial charge in [-0.15, -0.1) is 10.2 Å². The van der Waals surface area contributed by atoms with Crippen molar-refractivity contribution in [1.82, 2.24) is 10.2 Å². The Morgan fingerprint density at radius 3 is 2.64 bits per heavy atom. The number of carboxylic acids is 1. The van der Waals surface area contributed by atoms with Crippen LogP contribution in [0.4, 0.5) is 0 Å². The Hall–Kier alpha value is -3.57. The maximum Gasteiger partial charge on any atom is 0.281 e. The summed E-state index contributed by atoms with van der Waals surface area (Å²) in [5, 5.41) is 27.9. The van der Waals surface area contributed by atoms with E-state index in [1.54, 1.807) is 55.5 Å². The zero-order chi connectivity index (χ0) is 19.9. The molecule has 0 aliphatic rings. The first kappa shape index (κ1) is 19.2. The highest BCUT2D eigenvalue weighted by atomic mass is 32.2. The Bertz CT molecular complexity index is 1050. The minimum absolute atomic E-state index is 0.0851. The summed E-state index contributed by atoms with van der Waals surface area (Å²) < 4.78 is 11.0. The van der Waals surface area contributed by atoms with Gasteiger partial charge in [0.25, 0.3) is 5.22 Å². The molecule has 3 aromatic rings. The molecule has 0 aliphatic carbocycles. The van der Waals surface area contributed by atoms with Gasteiger partial charge in [-0.25, -0.2) is 0 Å². The number of benzene rings is 2. The fourth-order valence-corrected chi connectivity index (χ4v) is 2.95. The highest BCUT2D eigenvalue weighted by molar-refractivity contribution is 8.03. The van der Waals surface area contributed by atoms with E-state index in [9.17, 15) is 9.90 Å². The van der Waals surface area contributed by atoms with Crippen LogP contribution in [-0.2, 0) is 11.4 Å². The molecule has 0 amide bonds. The fourth-order valence-electron chi connectivity index (χ4n) is 2.25. The van der Waals surface area contributed by atoms with Crippen LogP contribution in [0, 0.1) is 18.3 Å². The summed E-state index contributed by atoms with van der Waals surface area (Å²) in [7, 11) is 0. The number of ether oxygens (including phenoxy) is 1. The molecule has 1 aromatic heterocycles. The molecule has 0 radical (unpaired) electrons. The molecule has 0 fully saturated rings. The Morgan fingerprint density at radius 1 is 1.25 bits per heavy atom. The van der Waals surface area contributed by atoms with Crippen LogP contribution in [0.15, 0.2) is 63.1 Å². The van der Waals surface area contributed by atoms with Gasteiger partial charge in [-0.05, 0) is 41.6 Å². The first-order valence-electron chi connectivity index (χ1n) is 8.17. The van der Waals surface area contributed by atoms with Crippen molar-refractivity contribution in [3.63, 3.8) is 0 Å². The summed E-state index contributed by atoms with van der Waals surface area (Å²) in [5.74, 6) is -0.512. The van der Waals surface area contributed by atoms with Crippen molar-refractivity contribution in [3.8, 4) is 11.8 Å². The Labute approximate surface area is 165 Å². The van der Waals surface area contributed by atoms with Gasteiger partial charge in [0.1, 0.15) is 12.4 Å². The first-order valence-corrected chi connectivity index (χ1v) is 8.98. The lowest BCUT2D eigenvalue weighted by Crippen LogP contribution is -2.23. The molecule has 0 unspecified atom stereocenters. The normalized spacial score (nSPS) is 11.1. The molecule has 8 heteroatoms. The molecule has 0 saturated heterocycles. The van der Waals surface area contributed by atoms with Crippen LogP contribution in [-0.4, -0.2) is 16.2 Å². The number of para-hydroxylation sites is 1. The molecule has 3 rings (SSSR count). The van der Waals surface area contributed by atoms with Crippen LogP contribution in [0.1, 0.15) is 22.6 Å². The average Bonchev–Trinajstić information content (AvgIpc) is 3.12. The highest BCUT2D eigenvalue weighted by Crippen LogP contribution is 2.29. The quantitative estimate of drug-likeness (QED) is 0.446. The van der Waals surface area contributed by atoms with Gasteiger partial charge in [0.15, 0.2) is 0 Å². The van der Waals surface area contributed by atoms with Crippen LogP contribution >= 0.6 is 11.8 Å². The number of aliphatic carboxylic acids is 1. The second-order valence-electron chi connectivity index (χ2n) is 5.62. The second kappa shape index (κ2) is 8.88. The Balaban J connectivity index is 1.80. The summed E-state index contributed by atoms with van der Waals surface area (Å²) >= 11 is 0.812. The molecule has 2 aromatic carbocycles. The lowest BCUT2D eigenvalue weighted by Gasteiger charge is -2.11. The summed E-state index contributed by atoms with van der Waals surface area (Å²) in [6.45, 7) is 1.89. The van der Waals surface area contributed by atoms with Gasteiger partial charge in [-0.3, -0.25) is 0 Å². The maximum absolute atomic E-state index is 11.5. The molecular weight excluding hydrogens is 378 g/mol. The van der Waals surface area contributed by atoms with Crippen molar-refractivity contribution in [2.24, 2.45) is 0 Å². The number of rotatable bonds is 7. The van der Waals surface area contributed by atoms with Crippen molar-refractivity contribution in [1.29, 1.82) is 5.26 Å². The summed E-state index contributed by atoms with van der Waals surface area (Å²) in [6.07, 6.45) is 1.44. The minimum Gasteiger partial charge on any atom is -0.544 e. The first-order chi connectivity index (χ1) is 13.5. The largest absolute Gasteiger partial charge is 0.544 e. The molecule has 7 nitrogen and oxygen atoms in total. The van der Waals surface area contributed by atoms with E-state index in [0.29, 0.717) is 22.8 Å². The summed E-state index contributed by atoms with van der Waals surface area (Å²) in [6, 6.07) is 16.1. The topological polar surface area (TPSA) is 112 Å². The van der Waals surface area contributed by atoms with E-state index in [4.69, 9.17) is 14.4 Å². The number of nitrogens with zero attached hydrogens (tertiary/aromatic N) is 3. The van der Waals surface area contributed by atoms with Gasteiger partial charge < -0.3 is 19.1 Å². The molecule has 0 atom stereocenters. The molecular formula is C20H14N3O4S-. The number of hydrogen-bond donors (Lipinski definition) is 0. The fraction of sp³-hybridized carbons (Fsp3) is 0.100. The zero-order valence-electron chi connectivity index (χ0n) is 14.8. The smallest absolute Gasteiger partial charge is 0.281 e. The molecule has 0 saturated carbocycles. The number of carbonyl (C=O) groups is 1. The molecule has 140 valence electrons. The predicted molar refractivity (Wildman–Crippen MR) is 99.8 cm³/mol. The van der Waals surface area contributed by atoms with E-state index in [1.807, 2.05) is 0 Å². The SMILES string of the molecule is Cc1nnc(S/C(=C\c2ccccc2OCc2ccc(C#N)cc2)C(=O)[O-])o1. The van der Waals surface area contributed by atoms with Gasteiger partial charge in [0.2, 0.25) is 5.89 Å². The van der Waals surface area contributed by atoms with Gasteiger partial charge in [-0.1, -0.05) is 30.3 Å². The maximum atomic E-state index is 11.5. The standard InChI is InChI=1S/C20H15N3O4S/c1-13-22-23-20(27-13)28-18(19(24)25)10-16-4-2-3-5-17(16)26-12-15-8-6-14(11-21)7-9-15/h2-10H,12H2,1H3,(H,24,25)/p-1/b18-10-. The molecule has 28 heavy (non-hydrogen) atoms. The lowest BCUT2D eigenvalue weighted by atomic mass is 10.1. The molecule has 0 bridgehead atoms. The van der Waals surface area contributed by atoms with Gasteiger partial charge >= 0.3 is 0 Å². The van der Waals surface area contributed by atoms with E-state index < -0.39 is 5.97 Å². The second-order valence-corrected chi connectivity index (χ2v) is 6.61. The number of hydrogen-bond acceptors (Lipinski definition) is 8.